The number of hydrogen-bond acceptors (Lipinski definition) is 4. The minimum Gasteiger partial charge on any atom is -0.378 e. The normalized spacial score (nSPS) is 14.2. The van der Waals surface area contributed by atoms with Gasteiger partial charge in [-0.25, -0.2) is 14.2 Å². The van der Waals surface area contributed by atoms with Gasteiger partial charge < -0.3 is 20.3 Å². The Hall–Kier alpha value is -2.67. The van der Waals surface area contributed by atoms with Crippen molar-refractivity contribution >= 4 is 17.5 Å². The minimum absolute atomic E-state index is 0.270. The highest BCUT2D eigenvalue weighted by Crippen LogP contribution is 2.15. The third kappa shape index (κ3) is 5.15. The van der Waals surface area contributed by atoms with Gasteiger partial charge in [0.1, 0.15) is 11.6 Å². The highest BCUT2D eigenvalue weighted by Gasteiger charge is 2.12. The fraction of sp³-hybridized carbons (Fsp3) is 0.333. The monoisotopic (exact) mass is 344 g/mol. The molecule has 2 N–H and O–H groups in total. The first-order valence-corrected chi connectivity index (χ1v) is 8.29. The summed E-state index contributed by atoms with van der Waals surface area (Å²) in [7, 11) is 0. The highest BCUT2D eigenvalue weighted by molar-refractivity contribution is 5.89. The molecule has 7 heteroatoms. The van der Waals surface area contributed by atoms with E-state index in [0.29, 0.717) is 31.9 Å². The average molecular weight is 344 g/mol. The number of nitrogens with zero attached hydrogens (tertiary/aromatic N) is 2. The molecule has 2 heterocycles. The summed E-state index contributed by atoms with van der Waals surface area (Å²) in [6, 6.07) is 9.75. The SMILES string of the molecule is O=C(NCCc1cccc(F)c1)Nc1ccc(N2CCOCC2)nc1. The van der Waals surface area contributed by atoms with E-state index in [-0.39, 0.29) is 11.8 Å². The zero-order valence-corrected chi connectivity index (χ0v) is 13.9. The number of morpholine rings is 1. The van der Waals surface area contributed by atoms with E-state index >= 15 is 0 Å². The predicted molar refractivity (Wildman–Crippen MR) is 94.4 cm³/mol. The first-order chi connectivity index (χ1) is 12.2. The van der Waals surface area contributed by atoms with Gasteiger partial charge in [0.25, 0.3) is 0 Å². The fourth-order valence-electron chi connectivity index (χ4n) is 2.63. The Kier molecular flexibility index (Phi) is 5.79. The van der Waals surface area contributed by atoms with E-state index in [1.807, 2.05) is 18.2 Å². The Morgan fingerprint density at radius 2 is 2.08 bits per heavy atom. The average Bonchev–Trinajstić information content (AvgIpc) is 2.63. The van der Waals surface area contributed by atoms with Crippen molar-refractivity contribution in [3.05, 3.63) is 54.0 Å². The Labute approximate surface area is 146 Å². The summed E-state index contributed by atoms with van der Waals surface area (Å²) in [5.74, 6) is 0.605. The molecule has 1 aromatic carbocycles. The lowest BCUT2D eigenvalue weighted by Gasteiger charge is -2.27. The molecule has 3 rings (SSSR count). The third-order valence-corrected chi connectivity index (χ3v) is 3.93. The number of ether oxygens (including phenoxy) is 1. The van der Waals surface area contributed by atoms with Crippen LogP contribution in [0.1, 0.15) is 5.56 Å². The van der Waals surface area contributed by atoms with Crippen LogP contribution >= 0.6 is 0 Å². The van der Waals surface area contributed by atoms with E-state index in [9.17, 15) is 9.18 Å². The molecule has 1 aromatic heterocycles. The molecule has 0 radical (unpaired) electrons. The second-order valence-electron chi connectivity index (χ2n) is 5.77. The topological polar surface area (TPSA) is 66.5 Å². The Morgan fingerprint density at radius 3 is 2.80 bits per heavy atom. The Bertz CT molecular complexity index is 702. The van der Waals surface area contributed by atoms with E-state index in [0.717, 1.165) is 24.5 Å². The summed E-state index contributed by atoms with van der Waals surface area (Å²) in [5, 5.41) is 5.49. The molecule has 0 unspecified atom stereocenters. The number of urea groups is 1. The van der Waals surface area contributed by atoms with Crippen LogP contribution in [0.5, 0.6) is 0 Å². The van der Waals surface area contributed by atoms with Crippen molar-refractivity contribution in [1.82, 2.24) is 10.3 Å². The summed E-state index contributed by atoms with van der Waals surface area (Å²) >= 11 is 0. The van der Waals surface area contributed by atoms with Crippen LogP contribution in [-0.2, 0) is 11.2 Å². The largest absolute Gasteiger partial charge is 0.378 e. The van der Waals surface area contributed by atoms with Crippen LogP contribution in [0.3, 0.4) is 0 Å². The lowest BCUT2D eigenvalue weighted by Crippen LogP contribution is -2.36. The van der Waals surface area contributed by atoms with Gasteiger partial charge in [0.2, 0.25) is 0 Å². The molecule has 1 aliphatic heterocycles. The van der Waals surface area contributed by atoms with Crippen LogP contribution in [0, 0.1) is 5.82 Å². The van der Waals surface area contributed by atoms with Gasteiger partial charge in [0.15, 0.2) is 0 Å². The molecule has 0 bridgehead atoms. The number of carbonyl (C=O) groups excluding carboxylic acids is 1. The molecule has 2 amide bonds. The van der Waals surface area contributed by atoms with Gasteiger partial charge >= 0.3 is 6.03 Å². The van der Waals surface area contributed by atoms with Crippen LogP contribution in [0.25, 0.3) is 0 Å². The standard InChI is InChI=1S/C18H21FN4O2/c19-15-3-1-2-14(12-15)6-7-20-18(24)22-16-4-5-17(21-13-16)23-8-10-25-11-9-23/h1-5,12-13H,6-11H2,(H2,20,22,24). The lowest BCUT2D eigenvalue weighted by molar-refractivity contribution is 0.122. The number of anilines is 2. The van der Waals surface area contributed by atoms with Gasteiger partial charge in [-0.2, -0.15) is 0 Å². The summed E-state index contributed by atoms with van der Waals surface area (Å²) in [5.41, 5.74) is 1.47. The van der Waals surface area contributed by atoms with Crippen LogP contribution < -0.4 is 15.5 Å². The van der Waals surface area contributed by atoms with Crippen molar-refractivity contribution in [3.63, 3.8) is 0 Å². The second kappa shape index (κ2) is 8.43. The summed E-state index contributed by atoms with van der Waals surface area (Å²) < 4.78 is 18.4. The lowest BCUT2D eigenvalue weighted by atomic mass is 10.1. The number of pyridine rings is 1. The molecule has 132 valence electrons. The number of hydrogen-bond donors (Lipinski definition) is 2. The summed E-state index contributed by atoms with van der Waals surface area (Å²) in [6.07, 6.45) is 2.20. The Balaban J connectivity index is 1.44. The van der Waals surface area contributed by atoms with Gasteiger partial charge in [0, 0.05) is 19.6 Å². The number of carbonyl (C=O) groups is 1. The van der Waals surface area contributed by atoms with Crippen molar-refractivity contribution in [3.8, 4) is 0 Å². The van der Waals surface area contributed by atoms with E-state index in [1.165, 1.54) is 12.1 Å². The molecule has 0 saturated carbocycles. The third-order valence-electron chi connectivity index (χ3n) is 3.93. The summed E-state index contributed by atoms with van der Waals surface area (Å²) in [6.45, 7) is 3.47. The molecule has 25 heavy (non-hydrogen) atoms. The van der Waals surface area contributed by atoms with Crippen molar-refractivity contribution in [2.45, 2.75) is 6.42 Å². The second-order valence-corrected chi connectivity index (χ2v) is 5.77. The van der Waals surface area contributed by atoms with Gasteiger partial charge in [-0.3, -0.25) is 0 Å². The van der Waals surface area contributed by atoms with Gasteiger partial charge in [-0.05, 0) is 36.2 Å². The van der Waals surface area contributed by atoms with Crippen molar-refractivity contribution in [2.24, 2.45) is 0 Å². The molecular formula is C18H21FN4O2. The molecule has 1 fully saturated rings. The zero-order valence-electron chi connectivity index (χ0n) is 13.9. The Morgan fingerprint density at radius 1 is 1.24 bits per heavy atom. The fourth-order valence-corrected chi connectivity index (χ4v) is 2.63. The van der Waals surface area contributed by atoms with E-state index < -0.39 is 0 Å². The molecule has 6 nitrogen and oxygen atoms in total. The number of aromatic nitrogens is 1. The highest BCUT2D eigenvalue weighted by atomic mass is 19.1. The molecule has 0 spiro atoms. The van der Waals surface area contributed by atoms with E-state index in [1.54, 1.807) is 12.3 Å². The van der Waals surface area contributed by atoms with Gasteiger partial charge in [-0.15, -0.1) is 0 Å². The maximum absolute atomic E-state index is 13.1. The predicted octanol–water partition coefficient (Wildman–Crippen LogP) is 2.42. The maximum atomic E-state index is 13.1. The minimum atomic E-state index is -0.308. The van der Waals surface area contributed by atoms with Crippen LogP contribution in [0.15, 0.2) is 42.6 Å². The number of nitrogens with one attached hydrogen (secondary N) is 2. The van der Waals surface area contributed by atoms with Crippen molar-refractivity contribution < 1.29 is 13.9 Å². The molecule has 0 aliphatic carbocycles. The van der Waals surface area contributed by atoms with Crippen LogP contribution in [0.4, 0.5) is 20.7 Å². The van der Waals surface area contributed by atoms with Gasteiger partial charge in [0.05, 0.1) is 25.1 Å². The maximum Gasteiger partial charge on any atom is 0.319 e. The number of amides is 2. The van der Waals surface area contributed by atoms with Crippen LogP contribution in [0.2, 0.25) is 0 Å². The molecule has 1 saturated heterocycles. The number of benzene rings is 1. The molecule has 2 aromatic rings. The smallest absolute Gasteiger partial charge is 0.319 e. The van der Waals surface area contributed by atoms with Crippen molar-refractivity contribution in [1.29, 1.82) is 0 Å². The number of halogens is 1. The molecule has 0 atom stereocenters. The van der Waals surface area contributed by atoms with E-state index in [2.05, 4.69) is 20.5 Å². The first-order valence-electron chi connectivity index (χ1n) is 8.29. The molecule has 1 aliphatic rings. The van der Waals surface area contributed by atoms with Gasteiger partial charge in [-0.1, -0.05) is 12.1 Å². The molecular weight excluding hydrogens is 323 g/mol. The van der Waals surface area contributed by atoms with E-state index in [4.69, 9.17) is 4.74 Å². The zero-order chi connectivity index (χ0) is 17.5. The van der Waals surface area contributed by atoms with Crippen LogP contribution in [-0.4, -0.2) is 43.9 Å². The number of rotatable bonds is 5. The first kappa shape index (κ1) is 17.2. The van der Waals surface area contributed by atoms with Crippen molar-refractivity contribution in [2.75, 3.05) is 43.1 Å². The quantitative estimate of drug-likeness (QED) is 0.874. The summed E-state index contributed by atoms with van der Waals surface area (Å²) in [4.78, 5) is 18.4.